The van der Waals surface area contributed by atoms with E-state index >= 15 is 0 Å². The lowest BCUT2D eigenvalue weighted by Gasteiger charge is -2.15. The highest BCUT2D eigenvalue weighted by molar-refractivity contribution is 5.78. The molecule has 1 aromatic heterocycles. The highest BCUT2D eigenvalue weighted by atomic mass is 19.4. The lowest BCUT2D eigenvalue weighted by atomic mass is 10.1. The number of nitrogens with one attached hydrogen (secondary N) is 2. The Kier molecular flexibility index (Phi) is 5.35. The van der Waals surface area contributed by atoms with E-state index in [0.717, 1.165) is 23.5 Å². The first-order chi connectivity index (χ1) is 13.7. The zero-order valence-corrected chi connectivity index (χ0v) is 15.4. The van der Waals surface area contributed by atoms with E-state index < -0.39 is 22.4 Å². The molecule has 0 fully saturated rings. The molecule has 0 aliphatic heterocycles. The fraction of sp³-hybridized carbons (Fsp3) is 0.158. The van der Waals surface area contributed by atoms with Gasteiger partial charge in [0, 0.05) is 5.69 Å². The maximum Gasteiger partial charge on any atom is 0.418 e. The van der Waals surface area contributed by atoms with Crippen molar-refractivity contribution in [3.63, 3.8) is 0 Å². The summed E-state index contributed by atoms with van der Waals surface area (Å²) < 4.78 is 39.7. The van der Waals surface area contributed by atoms with E-state index in [2.05, 4.69) is 20.6 Å². The number of anilines is 4. The number of halogens is 3. The molecule has 29 heavy (non-hydrogen) atoms. The standard InChI is InChI=1S/C19H16F3N5O2/c1-11-7-8-12(2)15(9-11)26-18-16(27(28)29)17(23-10-24-18)25-14-6-4-3-5-13(14)19(20,21)22/h3-10H,1-2H3,(H2,23,24,25,26). The molecular weight excluding hydrogens is 387 g/mol. The molecule has 0 aliphatic carbocycles. The lowest BCUT2D eigenvalue weighted by molar-refractivity contribution is -0.383. The van der Waals surface area contributed by atoms with Crippen LogP contribution in [0.2, 0.25) is 0 Å². The number of aromatic nitrogens is 2. The molecule has 0 unspecified atom stereocenters. The van der Waals surface area contributed by atoms with Gasteiger partial charge in [-0.05, 0) is 43.2 Å². The largest absolute Gasteiger partial charge is 0.418 e. The van der Waals surface area contributed by atoms with Crippen molar-refractivity contribution >= 4 is 28.7 Å². The van der Waals surface area contributed by atoms with Crippen molar-refractivity contribution in [1.29, 1.82) is 0 Å². The third-order valence-corrected chi connectivity index (χ3v) is 4.14. The van der Waals surface area contributed by atoms with Crippen LogP contribution in [0, 0.1) is 24.0 Å². The molecule has 3 aromatic rings. The van der Waals surface area contributed by atoms with E-state index in [0.29, 0.717) is 5.69 Å². The Hall–Kier alpha value is -3.69. The Morgan fingerprint density at radius 1 is 0.966 bits per heavy atom. The molecule has 0 bridgehead atoms. The summed E-state index contributed by atoms with van der Waals surface area (Å²) in [6.45, 7) is 3.67. The number of alkyl halides is 3. The molecule has 10 heteroatoms. The van der Waals surface area contributed by atoms with Gasteiger partial charge in [0.2, 0.25) is 11.6 Å². The number of rotatable bonds is 5. The first-order valence-electron chi connectivity index (χ1n) is 8.43. The smallest absolute Gasteiger partial charge is 0.334 e. The van der Waals surface area contributed by atoms with Gasteiger partial charge in [-0.25, -0.2) is 9.97 Å². The molecule has 1 heterocycles. The van der Waals surface area contributed by atoms with Crippen LogP contribution in [0.25, 0.3) is 0 Å². The van der Waals surface area contributed by atoms with E-state index in [-0.39, 0.29) is 17.3 Å². The van der Waals surface area contributed by atoms with Gasteiger partial charge < -0.3 is 10.6 Å². The van der Waals surface area contributed by atoms with Crippen LogP contribution in [0.3, 0.4) is 0 Å². The van der Waals surface area contributed by atoms with Crippen molar-refractivity contribution in [1.82, 2.24) is 9.97 Å². The lowest BCUT2D eigenvalue weighted by Crippen LogP contribution is -2.11. The third kappa shape index (κ3) is 4.42. The maximum atomic E-state index is 13.2. The van der Waals surface area contributed by atoms with Gasteiger partial charge in [-0.1, -0.05) is 24.3 Å². The first kappa shape index (κ1) is 20.1. The van der Waals surface area contributed by atoms with E-state index in [4.69, 9.17) is 0 Å². The van der Waals surface area contributed by atoms with Gasteiger partial charge >= 0.3 is 11.9 Å². The summed E-state index contributed by atoms with van der Waals surface area (Å²) in [5.41, 5.74) is 0.461. The van der Waals surface area contributed by atoms with Crippen LogP contribution in [-0.4, -0.2) is 14.9 Å². The second-order valence-corrected chi connectivity index (χ2v) is 6.29. The molecule has 2 aromatic carbocycles. The van der Waals surface area contributed by atoms with Gasteiger partial charge in [-0.15, -0.1) is 0 Å². The highest BCUT2D eigenvalue weighted by Gasteiger charge is 2.34. The minimum absolute atomic E-state index is 0.134. The Morgan fingerprint density at radius 3 is 2.21 bits per heavy atom. The maximum absolute atomic E-state index is 13.2. The molecule has 0 saturated heterocycles. The molecule has 150 valence electrons. The van der Waals surface area contributed by atoms with Crippen LogP contribution in [0.5, 0.6) is 0 Å². The molecule has 0 aliphatic rings. The van der Waals surface area contributed by atoms with Gasteiger partial charge in [0.25, 0.3) is 0 Å². The summed E-state index contributed by atoms with van der Waals surface area (Å²) in [5.74, 6) is -0.486. The van der Waals surface area contributed by atoms with Crippen molar-refractivity contribution in [2.24, 2.45) is 0 Å². The van der Waals surface area contributed by atoms with Crippen LogP contribution >= 0.6 is 0 Å². The average molecular weight is 403 g/mol. The fourth-order valence-corrected chi connectivity index (χ4v) is 2.70. The third-order valence-electron chi connectivity index (χ3n) is 4.14. The molecule has 0 radical (unpaired) electrons. The number of nitro groups is 1. The van der Waals surface area contributed by atoms with Crippen LogP contribution < -0.4 is 10.6 Å². The summed E-state index contributed by atoms with van der Waals surface area (Å²) in [6.07, 6.45) is -3.59. The molecule has 0 saturated carbocycles. The summed E-state index contributed by atoms with van der Waals surface area (Å²) in [7, 11) is 0. The monoisotopic (exact) mass is 403 g/mol. The van der Waals surface area contributed by atoms with E-state index in [1.54, 1.807) is 6.07 Å². The first-order valence-corrected chi connectivity index (χ1v) is 8.43. The molecule has 3 rings (SSSR count). The van der Waals surface area contributed by atoms with Gasteiger partial charge in [-0.3, -0.25) is 10.1 Å². The van der Waals surface area contributed by atoms with Gasteiger partial charge in [0.15, 0.2) is 0 Å². The van der Waals surface area contributed by atoms with Crippen LogP contribution in [0.15, 0.2) is 48.8 Å². The number of hydrogen-bond donors (Lipinski definition) is 2. The second-order valence-electron chi connectivity index (χ2n) is 6.29. The van der Waals surface area contributed by atoms with Gasteiger partial charge in [-0.2, -0.15) is 13.2 Å². The Balaban J connectivity index is 2.05. The molecule has 0 atom stereocenters. The van der Waals surface area contributed by atoms with Crippen molar-refractivity contribution in [3.8, 4) is 0 Å². The predicted octanol–water partition coefficient (Wildman–Crippen LogP) is 5.51. The number of nitrogens with zero attached hydrogens (tertiary/aromatic N) is 3. The average Bonchev–Trinajstić information content (AvgIpc) is 2.64. The Labute approximate surface area is 163 Å². The summed E-state index contributed by atoms with van der Waals surface area (Å²) in [6, 6.07) is 10.2. The van der Waals surface area contributed by atoms with Crippen molar-refractivity contribution < 1.29 is 18.1 Å². The van der Waals surface area contributed by atoms with E-state index in [1.807, 2.05) is 26.0 Å². The quantitative estimate of drug-likeness (QED) is 0.431. The number of hydrogen-bond acceptors (Lipinski definition) is 6. The number of benzene rings is 2. The minimum atomic E-state index is -4.63. The molecule has 7 nitrogen and oxygen atoms in total. The number of para-hydroxylation sites is 1. The zero-order chi connectivity index (χ0) is 21.2. The van der Waals surface area contributed by atoms with Crippen molar-refractivity contribution in [2.45, 2.75) is 20.0 Å². The topological polar surface area (TPSA) is 93.0 Å². The van der Waals surface area contributed by atoms with Crippen LogP contribution in [0.1, 0.15) is 16.7 Å². The van der Waals surface area contributed by atoms with Crippen molar-refractivity contribution in [3.05, 3.63) is 75.6 Å². The molecular formula is C19H16F3N5O2. The highest BCUT2D eigenvalue weighted by Crippen LogP contribution is 2.38. The van der Waals surface area contributed by atoms with Crippen LogP contribution in [-0.2, 0) is 6.18 Å². The fourth-order valence-electron chi connectivity index (χ4n) is 2.70. The van der Waals surface area contributed by atoms with Gasteiger partial charge in [0.05, 0.1) is 16.2 Å². The zero-order valence-electron chi connectivity index (χ0n) is 15.4. The molecule has 2 N–H and O–H groups in total. The SMILES string of the molecule is Cc1ccc(C)c(Nc2ncnc(Nc3ccccc3C(F)(F)F)c2[N+](=O)[O-])c1. The molecule has 0 spiro atoms. The summed E-state index contributed by atoms with van der Waals surface area (Å²) >= 11 is 0. The minimum Gasteiger partial charge on any atom is -0.334 e. The summed E-state index contributed by atoms with van der Waals surface area (Å²) in [5, 5.41) is 17.0. The predicted molar refractivity (Wildman–Crippen MR) is 103 cm³/mol. The summed E-state index contributed by atoms with van der Waals surface area (Å²) in [4.78, 5) is 18.6. The molecule has 0 amide bonds. The number of aryl methyl sites for hydroxylation is 2. The van der Waals surface area contributed by atoms with Gasteiger partial charge in [0.1, 0.15) is 6.33 Å². The Morgan fingerprint density at radius 2 is 1.59 bits per heavy atom. The van der Waals surface area contributed by atoms with Crippen LogP contribution in [0.4, 0.5) is 41.9 Å². The second kappa shape index (κ2) is 7.74. The normalized spacial score (nSPS) is 11.2. The Bertz CT molecular complexity index is 1070. The van der Waals surface area contributed by atoms with E-state index in [1.165, 1.54) is 18.2 Å². The van der Waals surface area contributed by atoms with E-state index in [9.17, 15) is 23.3 Å². The van der Waals surface area contributed by atoms with Crippen molar-refractivity contribution in [2.75, 3.05) is 10.6 Å².